The number of aliphatic hydroxyl groups is 1. The minimum Gasteiger partial charge on any atom is -0.387 e. The van der Waals surface area contributed by atoms with Crippen LogP contribution in [0.15, 0.2) is 34.1 Å². The molecule has 108 valence electrons. The Balaban J connectivity index is 1.77. The van der Waals surface area contributed by atoms with E-state index >= 15 is 0 Å². The van der Waals surface area contributed by atoms with Crippen LogP contribution in [0.3, 0.4) is 0 Å². The first-order valence-corrected chi connectivity index (χ1v) is 7.75. The predicted molar refractivity (Wildman–Crippen MR) is 79.9 cm³/mol. The molecule has 1 aromatic carbocycles. The van der Waals surface area contributed by atoms with Crippen LogP contribution in [0.25, 0.3) is 0 Å². The first kappa shape index (κ1) is 15.6. The van der Waals surface area contributed by atoms with Gasteiger partial charge in [0.2, 0.25) is 0 Å². The van der Waals surface area contributed by atoms with Crippen molar-refractivity contribution in [2.24, 2.45) is 0 Å². The third-order valence-electron chi connectivity index (χ3n) is 2.84. The van der Waals surface area contributed by atoms with Crippen molar-refractivity contribution in [2.75, 3.05) is 13.1 Å². The van der Waals surface area contributed by atoms with Gasteiger partial charge in [-0.05, 0) is 52.2 Å². The molecule has 2 N–H and O–H groups in total. The van der Waals surface area contributed by atoms with Gasteiger partial charge in [-0.2, -0.15) is 0 Å². The number of benzene rings is 1. The Bertz CT molecular complexity index is 576. The van der Waals surface area contributed by atoms with E-state index in [4.69, 9.17) is 0 Å². The molecule has 0 radical (unpaired) electrons. The molecule has 6 heteroatoms. The van der Waals surface area contributed by atoms with Crippen molar-refractivity contribution < 1.29 is 13.9 Å². The molecule has 0 fully saturated rings. The topological polar surface area (TPSA) is 32.3 Å². The third kappa shape index (κ3) is 4.34. The SMILES string of the molecule is OC(CNCCc1ccc(Br)s1)c1ccc(F)c(F)c1. The number of rotatable bonds is 6. The van der Waals surface area contributed by atoms with Gasteiger partial charge in [-0.3, -0.25) is 0 Å². The van der Waals surface area contributed by atoms with E-state index in [1.165, 1.54) is 10.9 Å². The molecule has 0 amide bonds. The fourth-order valence-electron chi connectivity index (χ4n) is 1.77. The molecular formula is C14H14BrF2NOS. The fourth-order valence-corrected chi connectivity index (χ4v) is 3.26. The van der Waals surface area contributed by atoms with E-state index in [0.29, 0.717) is 18.7 Å². The van der Waals surface area contributed by atoms with Gasteiger partial charge in [0.25, 0.3) is 0 Å². The van der Waals surface area contributed by atoms with Crippen LogP contribution in [0.1, 0.15) is 16.5 Å². The Morgan fingerprint density at radius 1 is 1.20 bits per heavy atom. The molecule has 1 heterocycles. The highest BCUT2D eigenvalue weighted by molar-refractivity contribution is 9.11. The molecule has 2 aromatic rings. The van der Waals surface area contributed by atoms with E-state index in [2.05, 4.69) is 21.2 Å². The van der Waals surface area contributed by atoms with Gasteiger partial charge < -0.3 is 10.4 Å². The van der Waals surface area contributed by atoms with Gasteiger partial charge in [0.05, 0.1) is 9.89 Å². The Hall–Kier alpha value is -0.820. The van der Waals surface area contributed by atoms with Gasteiger partial charge in [0, 0.05) is 18.0 Å². The van der Waals surface area contributed by atoms with E-state index in [0.717, 1.165) is 22.3 Å². The molecule has 1 atom stereocenters. The van der Waals surface area contributed by atoms with Crippen LogP contribution < -0.4 is 5.32 Å². The number of nitrogens with one attached hydrogen (secondary N) is 1. The Labute approximate surface area is 128 Å². The van der Waals surface area contributed by atoms with E-state index in [1.54, 1.807) is 11.3 Å². The van der Waals surface area contributed by atoms with Crippen molar-refractivity contribution in [2.45, 2.75) is 12.5 Å². The van der Waals surface area contributed by atoms with Gasteiger partial charge in [0.15, 0.2) is 11.6 Å². The van der Waals surface area contributed by atoms with Crippen molar-refractivity contribution in [3.8, 4) is 0 Å². The molecule has 0 aliphatic heterocycles. The average molecular weight is 362 g/mol. The molecular weight excluding hydrogens is 348 g/mol. The van der Waals surface area contributed by atoms with Gasteiger partial charge in [0.1, 0.15) is 0 Å². The Morgan fingerprint density at radius 2 is 2.00 bits per heavy atom. The van der Waals surface area contributed by atoms with Crippen molar-refractivity contribution in [3.05, 3.63) is 56.2 Å². The summed E-state index contributed by atoms with van der Waals surface area (Å²) in [5, 5.41) is 13.0. The highest BCUT2D eigenvalue weighted by Crippen LogP contribution is 2.22. The lowest BCUT2D eigenvalue weighted by molar-refractivity contribution is 0.174. The first-order valence-electron chi connectivity index (χ1n) is 6.14. The Kier molecular flexibility index (Phi) is 5.65. The molecule has 2 nitrogen and oxygen atoms in total. The smallest absolute Gasteiger partial charge is 0.159 e. The van der Waals surface area contributed by atoms with Gasteiger partial charge in [-0.15, -0.1) is 11.3 Å². The maximum absolute atomic E-state index is 13.0. The first-order chi connectivity index (χ1) is 9.56. The second-order valence-corrected chi connectivity index (χ2v) is 6.90. The van der Waals surface area contributed by atoms with Crippen LogP contribution >= 0.6 is 27.3 Å². The second kappa shape index (κ2) is 7.26. The van der Waals surface area contributed by atoms with Crippen molar-refractivity contribution >= 4 is 27.3 Å². The standard InChI is InChI=1S/C14H14BrF2NOS/c15-14-4-2-10(20-14)5-6-18-8-13(19)9-1-3-11(16)12(17)7-9/h1-4,7,13,18-19H,5-6,8H2. The Morgan fingerprint density at radius 3 is 2.65 bits per heavy atom. The van der Waals surface area contributed by atoms with Crippen LogP contribution in [0, 0.1) is 11.6 Å². The number of hydrogen-bond acceptors (Lipinski definition) is 3. The summed E-state index contributed by atoms with van der Waals surface area (Å²) in [5.41, 5.74) is 0.371. The molecule has 1 unspecified atom stereocenters. The molecule has 0 spiro atoms. The quantitative estimate of drug-likeness (QED) is 0.769. The molecule has 0 aliphatic rings. The normalized spacial score (nSPS) is 12.6. The second-order valence-electron chi connectivity index (χ2n) is 4.35. The average Bonchev–Trinajstić information content (AvgIpc) is 2.83. The minimum atomic E-state index is -0.940. The summed E-state index contributed by atoms with van der Waals surface area (Å²) in [7, 11) is 0. The zero-order chi connectivity index (χ0) is 14.5. The lowest BCUT2D eigenvalue weighted by atomic mass is 10.1. The van der Waals surface area contributed by atoms with Gasteiger partial charge in [-0.25, -0.2) is 8.78 Å². The van der Waals surface area contributed by atoms with E-state index < -0.39 is 17.7 Å². The summed E-state index contributed by atoms with van der Waals surface area (Å²) in [6.07, 6.45) is 0.0148. The van der Waals surface area contributed by atoms with Crippen LogP contribution in [0.2, 0.25) is 0 Å². The van der Waals surface area contributed by atoms with Gasteiger partial charge >= 0.3 is 0 Å². The van der Waals surface area contributed by atoms with Crippen LogP contribution in [0.4, 0.5) is 8.78 Å². The molecule has 20 heavy (non-hydrogen) atoms. The highest BCUT2D eigenvalue weighted by Gasteiger charge is 2.10. The summed E-state index contributed by atoms with van der Waals surface area (Å²) >= 11 is 5.07. The third-order valence-corrected chi connectivity index (χ3v) is 4.53. The van der Waals surface area contributed by atoms with Gasteiger partial charge in [-0.1, -0.05) is 6.07 Å². The van der Waals surface area contributed by atoms with Crippen molar-refractivity contribution in [3.63, 3.8) is 0 Å². The molecule has 2 rings (SSSR count). The zero-order valence-corrected chi connectivity index (χ0v) is 13.0. The predicted octanol–water partition coefficient (Wildman–Crippen LogP) is 3.65. The number of hydrogen-bond donors (Lipinski definition) is 2. The van der Waals surface area contributed by atoms with Crippen LogP contribution in [-0.4, -0.2) is 18.2 Å². The number of thiophene rings is 1. The largest absolute Gasteiger partial charge is 0.387 e. The summed E-state index contributed by atoms with van der Waals surface area (Å²) in [5.74, 6) is -1.85. The molecule has 1 aromatic heterocycles. The van der Waals surface area contributed by atoms with Crippen LogP contribution in [0.5, 0.6) is 0 Å². The lowest BCUT2D eigenvalue weighted by Gasteiger charge is -2.12. The van der Waals surface area contributed by atoms with E-state index in [9.17, 15) is 13.9 Å². The highest BCUT2D eigenvalue weighted by atomic mass is 79.9. The number of aliphatic hydroxyl groups excluding tert-OH is 1. The maximum atomic E-state index is 13.0. The van der Waals surface area contributed by atoms with Crippen molar-refractivity contribution in [1.82, 2.24) is 5.32 Å². The van der Waals surface area contributed by atoms with E-state index in [-0.39, 0.29) is 0 Å². The monoisotopic (exact) mass is 361 g/mol. The summed E-state index contributed by atoms with van der Waals surface area (Å²) in [4.78, 5) is 1.24. The molecule has 0 saturated heterocycles. The minimum absolute atomic E-state index is 0.303. The lowest BCUT2D eigenvalue weighted by Crippen LogP contribution is -2.23. The fraction of sp³-hybridized carbons (Fsp3) is 0.286. The zero-order valence-electron chi connectivity index (χ0n) is 10.6. The molecule has 0 aliphatic carbocycles. The molecule has 0 bridgehead atoms. The summed E-state index contributed by atoms with van der Waals surface area (Å²) in [6, 6.07) is 7.48. The van der Waals surface area contributed by atoms with E-state index in [1.807, 2.05) is 12.1 Å². The molecule has 0 saturated carbocycles. The maximum Gasteiger partial charge on any atom is 0.159 e. The van der Waals surface area contributed by atoms with Crippen LogP contribution in [-0.2, 0) is 6.42 Å². The van der Waals surface area contributed by atoms with Crippen molar-refractivity contribution in [1.29, 1.82) is 0 Å². The summed E-state index contributed by atoms with van der Waals surface area (Å²) < 4.78 is 26.9. The summed E-state index contributed by atoms with van der Waals surface area (Å²) in [6.45, 7) is 1.02. The number of halogens is 3.